The van der Waals surface area contributed by atoms with Gasteiger partial charge in [0.1, 0.15) is 6.04 Å². The van der Waals surface area contributed by atoms with Crippen LogP contribution < -0.4 is 15.3 Å². The zero-order valence-electron chi connectivity index (χ0n) is 21.1. The molecule has 1 heterocycles. The van der Waals surface area contributed by atoms with Crippen molar-refractivity contribution in [3.05, 3.63) is 106 Å². The Morgan fingerprint density at radius 1 is 1.08 bits per heavy atom. The molecule has 2 atom stereocenters. The summed E-state index contributed by atoms with van der Waals surface area (Å²) in [6.07, 6.45) is 7.94. The highest BCUT2D eigenvalue weighted by molar-refractivity contribution is 6.39. The van der Waals surface area contributed by atoms with Gasteiger partial charge in [-0.3, -0.25) is 9.86 Å². The van der Waals surface area contributed by atoms with Crippen molar-refractivity contribution in [3.8, 4) is 0 Å². The molecular weight excluding hydrogens is 525 g/mol. The lowest BCUT2D eigenvalue weighted by Crippen LogP contribution is -3.07. The molecule has 0 aliphatic carbocycles. The molecule has 38 heavy (non-hydrogen) atoms. The summed E-state index contributed by atoms with van der Waals surface area (Å²) in [5.74, 6) is -0.431. The number of carbonyl (C=O) groups is 2. The van der Waals surface area contributed by atoms with E-state index >= 15 is 0 Å². The summed E-state index contributed by atoms with van der Waals surface area (Å²) in [7, 11) is 0. The van der Waals surface area contributed by atoms with E-state index in [1.165, 1.54) is 12.1 Å². The molecule has 3 aromatic rings. The summed E-state index contributed by atoms with van der Waals surface area (Å²) < 4.78 is 0. The van der Waals surface area contributed by atoms with Gasteiger partial charge >= 0.3 is 5.91 Å². The number of anilines is 2. The van der Waals surface area contributed by atoms with Gasteiger partial charge in [-0.05, 0) is 54.8 Å². The standard InChI is InChI=1S/C28H29Cl2N5O3/c1-4-35(38)27(37)24(33-26(36)25-22(29)9-6-10-23(25)30)11-5-8-20-12-14-21(15-13-20)34(18-19(2)3)28-31-16-7-17-32-28/h4-10,12-17,19,24,35H,1,11,18H2,2-3H3,(H,33,36)/b8-5+. The van der Waals surface area contributed by atoms with E-state index in [4.69, 9.17) is 23.2 Å². The Balaban J connectivity index is 1.76. The maximum Gasteiger partial charge on any atom is 0.339 e. The minimum Gasteiger partial charge on any atom is -0.622 e. The van der Waals surface area contributed by atoms with Crippen LogP contribution in [0.2, 0.25) is 10.0 Å². The molecule has 2 aromatic carbocycles. The van der Waals surface area contributed by atoms with E-state index in [1.807, 2.05) is 35.2 Å². The van der Waals surface area contributed by atoms with Crippen LogP contribution in [0.1, 0.15) is 36.2 Å². The molecule has 0 saturated carbocycles. The third-order valence-corrected chi connectivity index (χ3v) is 6.10. The predicted molar refractivity (Wildman–Crippen MR) is 151 cm³/mol. The Labute approximate surface area is 232 Å². The molecule has 1 aromatic heterocycles. The van der Waals surface area contributed by atoms with Gasteiger partial charge in [0.05, 0.1) is 21.8 Å². The van der Waals surface area contributed by atoms with Gasteiger partial charge in [-0.2, -0.15) is 0 Å². The second kappa shape index (κ2) is 13.8. The van der Waals surface area contributed by atoms with Gasteiger partial charge in [-0.1, -0.05) is 67.4 Å². The fourth-order valence-electron chi connectivity index (χ4n) is 3.65. The highest BCUT2D eigenvalue weighted by Crippen LogP contribution is 2.25. The summed E-state index contributed by atoms with van der Waals surface area (Å²) in [5.41, 5.74) is 1.84. The monoisotopic (exact) mass is 553 g/mol. The minimum absolute atomic E-state index is 0.0348. The molecule has 0 bridgehead atoms. The average Bonchev–Trinajstić information content (AvgIpc) is 2.91. The Bertz CT molecular complexity index is 1260. The lowest BCUT2D eigenvalue weighted by molar-refractivity contribution is -0.705. The number of rotatable bonds is 11. The van der Waals surface area contributed by atoms with E-state index in [2.05, 4.69) is 35.7 Å². The van der Waals surface area contributed by atoms with Crippen LogP contribution in [-0.2, 0) is 4.79 Å². The number of hydroxylamine groups is 2. The van der Waals surface area contributed by atoms with Crippen LogP contribution >= 0.6 is 23.2 Å². The summed E-state index contributed by atoms with van der Waals surface area (Å²) in [6.45, 7) is 8.36. The van der Waals surface area contributed by atoms with Crippen LogP contribution in [0.3, 0.4) is 0 Å². The number of hydrogen-bond acceptors (Lipinski definition) is 6. The van der Waals surface area contributed by atoms with Crippen molar-refractivity contribution in [1.29, 1.82) is 0 Å². The van der Waals surface area contributed by atoms with Crippen molar-refractivity contribution in [2.75, 3.05) is 11.4 Å². The van der Waals surface area contributed by atoms with Gasteiger partial charge in [0.25, 0.3) is 5.91 Å². The summed E-state index contributed by atoms with van der Waals surface area (Å²) in [6, 6.07) is 13.1. The molecule has 10 heteroatoms. The van der Waals surface area contributed by atoms with E-state index in [-0.39, 0.29) is 22.0 Å². The third kappa shape index (κ3) is 7.72. The van der Waals surface area contributed by atoms with E-state index in [0.29, 0.717) is 11.9 Å². The molecule has 3 rings (SSSR count). The van der Waals surface area contributed by atoms with E-state index in [1.54, 1.807) is 30.6 Å². The number of halogens is 2. The van der Waals surface area contributed by atoms with Crippen LogP contribution in [0.25, 0.3) is 6.08 Å². The predicted octanol–water partition coefficient (Wildman–Crippen LogP) is 4.83. The lowest BCUT2D eigenvalue weighted by Gasteiger charge is -2.24. The molecular formula is C28H29Cl2N5O3. The van der Waals surface area contributed by atoms with Crippen molar-refractivity contribution >= 4 is 52.7 Å². The minimum atomic E-state index is -1.12. The molecule has 0 saturated heterocycles. The van der Waals surface area contributed by atoms with Crippen LogP contribution in [0.4, 0.5) is 11.6 Å². The average molecular weight is 554 g/mol. The van der Waals surface area contributed by atoms with Gasteiger partial charge in [0.15, 0.2) is 0 Å². The molecule has 2 amide bonds. The van der Waals surface area contributed by atoms with Crippen LogP contribution in [0, 0.1) is 11.1 Å². The Kier molecular flexibility index (Phi) is 10.6. The number of amides is 2. The topological polar surface area (TPSA) is 103 Å². The lowest BCUT2D eigenvalue weighted by atomic mass is 10.1. The molecule has 0 fully saturated rings. The number of nitrogens with one attached hydrogen (secondary N) is 2. The molecule has 198 valence electrons. The number of hydrogen-bond donors (Lipinski definition) is 2. The summed E-state index contributed by atoms with van der Waals surface area (Å²) >= 11 is 12.2. The zero-order chi connectivity index (χ0) is 27.7. The number of nitrogens with zero attached hydrogens (tertiary/aromatic N) is 3. The number of carbonyl (C=O) groups excluding carboxylic acids is 2. The Hall–Kier alpha value is -3.56. The van der Waals surface area contributed by atoms with Crippen molar-refractivity contribution in [1.82, 2.24) is 15.3 Å². The van der Waals surface area contributed by atoms with Crippen LogP contribution in [-0.4, -0.2) is 34.4 Å². The van der Waals surface area contributed by atoms with Crippen LogP contribution in [0.15, 0.2) is 79.8 Å². The second-order valence-electron chi connectivity index (χ2n) is 8.84. The second-order valence-corrected chi connectivity index (χ2v) is 9.65. The van der Waals surface area contributed by atoms with Gasteiger partial charge in [0.2, 0.25) is 5.95 Å². The van der Waals surface area contributed by atoms with Gasteiger partial charge in [-0.25, -0.2) is 14.8 Å². The van der Waals surface area contributed by atoms with E-state index in [9.17, 15) is 14.8 Å². The Morgan fingerprint density at radius 2 is 1.71 bits per heavy atom. The molecule has 0 radical (unpaired) electrons. The van der Waals surface area contributed by atoms with Gasteiger partial charge in [0, 0.05) is 24.6 Å². The highest BCUT2D eigenvalue weighted by atomic mass is 35.5. The molecule has 2 unspecified atom stereocenters. The largest absolute Gasteiger partial charge is 0.622 e. The first-order valence-corrected chi connectivity index (χ1v) is 12.7. The highest BCUT2D eigenvalue weighted by Gasteiger charge is 2.27. The zero-order valence-corrected chi connectivity index (χ0v) is 22.6. The normalized spacial score (nSPS) is 12.8. The first kappa shape index (κ1) is 29.0. The third-order valence-electron chi connectivity index (χ3n) is 5.47. The fraction of sp³-hybridized carbons (Fsp3) is 0.214. The molecule has 0 aliphatic rings. The quantitative estimate of drug-likeness (QED) is 0.329. The summed E-state index contributed by atoms with van der Waals surface area (Å²) in [4.78, 5) is 36.3. The maximum absolute atomic E-state index is 12.8. The van der Waals surface area contributed by atoms with Crippen molar-refractivity contribution < 1.29 is 14.7 Å². The van der Waals surface area contributed by atoms with Crippen LogP contribution in [0.5, 0.6) is 0 Å². The fourth-order valence-corrected chi connectivity index (χ4v) is 4.22. The van der Waals surface area contributed by atoms with Crippen molar-refractivity contribution in [2.24, 2.45) is 5.92 Å². The maximum atomic E-state index is 12.8. The molecule has 0 aliphatic heterocycles. The smallest absolute Gasteiger partial charge is 0.339 e. The molecule has 2 N–H and O–H groups in total. The first-order chi connectivity index (χ1) is 18.2. The van der Waals surface area contributed by atoms with Crippen molar-refractivity contribution in [3.63, 3.8) is 0 Å². The Morgan fingerprint density at radius 3 is 2.29 bits per heavy atom. The molecule has 0 spiro atoms. The number of benzene rings is 2. The number of aromatic nitrogens is 2. The summed E-state index contributed by atoms with van der Waals surface area (Å²) in [5, 5.41) is 14.1. The van der Waals surface area contributed by atoms with Gasteiger partial charge in [-0.15, -0.1) is 0 Å². The van der Waals surface area contributed by atoms with E-state index in [0.717, 1.165) is 24.0 Å². The molecule has 8 nitrogen and oxygen atoms in total. The first-order valence-electron chi connectivity index (χ1n) is 12.0. The van der Waals surface area contributed by atoms with Gasteiger partial charge < -0.3 is 15.4 Å². The van der Waals surface area contributed by atoms with E-state index < -0.39 is 22.9 Å². The number of quaternary nitrogens is 1. The SMILES string of the molecule is C=C[NH+]([O-])C(=O)C(C/C=C/c1ccc(N(CC(C)C)c2ncccn2)cc1)NC(=O)c1c(Cl)cccc1Cl. The van der Waals surface area contributed by atoms with Crippen molar-refractivity contribution in [2.45, 2.75) is 26.3 Å².